The van der Waals surface area contributed by atoms with Crippen LogP contribution in [0, 0.1) is 17.1 Å². The van der Waals surface area contributed by atoms with Crippen LogP contribution in [0.25, 0.3) is 0 Å². The molecule has 7 heteroatoms. The van der Waals surface area contributed by atoms with E-state index in [1.54, 1.807) is 6.07 Å². The van der Waals surface area contributed by atoms with E-state index in [4.69, 9.17) is 10.4 Å². The number of nitrogens with one attached hydrogen (secondary N) is 2. The third-order valence-corrected chi connectivity index (χ3v) is 2.31. The molecule has 0 saturated carbocycles. The molecule has 0 bridgehead atoms. The van der Waals surface area contributed by atoms with Crippen molar-refractivity contribution in [3.8, 4) is 6.07 Å². The van der Waals surface area contributed by atoms with Gasteiger partial charge in [-0.15, -0.1) is 0 Å². The fourth-order valence-corrected chi connectivity index (χ4v) is 1.19. The average Bonchev–Trinajstić information content (AvgIpc) is 2.41. The van der Waals surface area contributed by atoms with E-state index in [9.17, 15) is 14.0 Å². The third-order valence-electron chi connectivity index (χ3n) is 2.31. The SMILES string of the molecule is CC(NC(=O)/C(C#N)=C\Nc1ccc(F)cc1)C(=O)O. The highest BCUT2D eigenvalue weighted by Gasteiger charge is 2.16. The van der Waals surface area contributed by atoms with Crippen molar-refractivity contribution in [2.24, 2.45) is 0 Å². The van der Waals surface area contributed by atoms with Gasteiger partial charge in [0.05, 0.1) is 0 Å². The van der Waals surface area contributed by atoms with Gasteiger partial charge in [0, 0.05) is 11.9 Å². The van der Waals surface area contributed by atoms with Gasteiger partial charge < -0.3 is 15.7 Å². The van der Waals surface area contributed by atoms with Crippen molar-refractivity contribution in [1.82, 2.24) is 5.32 Å². The molecular weight excluding hydrogens is 265 g/mol. The number of nitriles is 1. The Kier molecular flexibility index (Phi) is 5.23. The molecule has 1 aromatic rings. The molecule has 1 aromatic carbocycles. The molecule has 20 heavy (non-hydrogen) atoms. The first-order valence-electron chi connectivity index (χ1n) is 5.60. The standard InChI is InChI=1S/C13H12FN3O3/c1-8(13(19)20)17-12(18)9(6-15)7-16-11-4-2-10(14)3-5-11/h2-5,7-8,16H,1H3,(H,17,18)(H,19,20)/b9-7-. The predicted molar refractivity (Wildman–Crippen MR) is 69.0 cm³/mol. The first kappa shape index (κ1) is 15.2. The molecule has 0 aliphatic carbocycles. The van der Waals surface area contributed by atoms with Crippen molar-refractivity contribution in [1.29, 1.82) is 5.26 Å². The van der Waals surface area contributed by atoms with Gasteiger partial charge in [-0.05, 0) is 31.2 Å². The third kappa shape index (κ3) is 4.42. The molecule has 0 aliphatic rings. The molecule has 0 radical (unpaired) electrons. The lowest BCUT2D eigenvalue weighted by molar-refractivity contribution is -0.140. The van der Waals surface area contributed by atoms with E-state index in [-0.39, 0.29) is 5.57 Å². The van der Waals surface area contributed by atoms with Crippen LogP contribution in [-0.4, -0.2) is 23.0 Å². The van der Waals surface area contributed by atoms with Crippen LogP contribution in [0.15, 0.2) is 36.0 Å². The Morgan fingerprint density at radius 2 is 2.00 bits per heavy atom. The summed E-state index contributed by atoms with van der Waals surface area (Å²) in [6.45, 7) is 1.28. The first-order chi connectivity index (χ1) is 9.43. The Balaban J connectivity index is 2.73. The molecule has 0 saturated heterocycles. The second-order valence-electron chi connectivity index (χ2n) is 3.85. The Morgan fingerprint density at radius 1 is 1.40 bits per heavy atom. The van der Waals surface area contributed by atoms with Gasteiger partial charge in [-0.1, -0.05) is 0 Å². The van der Waals surface area contributed by atoms with Crippen molar-refractivity contribution in [2.45, 2.75) is 13.0 Å². The highest BCUT2D eigenvalue weighted by Crippen LogP contribution is 2.08. The van der Waals surface area contributed by atoms with E-state index in [1.165, 1.54) is 31.2 Å². The minimum atomic E-state index is -1.21. The van der Waals surface area contributed by atoms with Crippen LogP contribution in [0.3, 0.4) is 0 Å². The van der Waals surface area contributed by atoms with Crippen LogP contribution in [0.4, 0.5) is 10.1 Å². The second kappa shape index (κ2) is 6.89. The van der Waals surface area contributed by atoms with E-state index in [0.717, 1.165) is 6.20 Å². The van der Waals surface area contributed by atoms with Crippen molar-refractivity contribution in [3.05, 3.63) is 41.9 Å². The number of amides is 1. The fourth-order valence-electron chi connectivity index (χ4n) is 1.19. The summed E-state index contributed by atoms with van der Waals surface area (Å²) in [5, 5.41) is 22.3. The molecule has 1 atom stereocenters. The van der Waals surface area contributed by atoms with Crippen LogP contribution in [0.1, 0.15) is 6.92 Å². The van der Waals surface area contributed by atoms with Gasteiger partial charge in [0.1, 0.15) is 23.5 Å². The lowest BCUT2D eigenvalue weighted by Crippen LogP contribution is -2.39. The van der Waals surface area contributed by atoms with E-state index in [0.29, 0.717) is 5.69 Å². The number of carboxylic acids is 1. The zero-order valence-electron chi connectivity index (χ0n) is 10.6. The molecule has 1 unspecified atom stereocenters. The number of carbonyl (C=O) groups is 2. The van der Waals surface area contributed by atoms with Crippen LogP contribution < -0.4 is 10.6 Å². The summed E-state index contributed by atoms with van der Waals surface area (Å²) in [7, 11) is 0. The van der Waals surface area contributed by atoms with Crippen molar-refractivity contribution < 1.29 is 19.1 Å². The largest absolute Gasteiger partial charge is 0.480 e. The number of hydrogen-bond acceptors (Lipinski definition) is 4. The number of hydrogen-bond donors (Lipinski definition) is 3. The molecule has 1 amide bonds. The summed E-state index contributed by atoms with van der Waals surface area (Å²) in [5.74, 6) is -2.42. The minimum absolute atomic E-state index is 0.289. The quantitative estimate of drug-likeness (QED) is 0.555. The number of rotatable bonds is 5. The van der Waals surface area contributed by atoms with Crippen molar-refractivity contribution in [3.63, 3.8) is 0 Å². The van der Waals surface area contributed by atoms with Gasteiger partial charge in [-0.2, -0.15) is 5.26 Å². The van der Waals surface area contributed by atoms with E-state index >= 15 is 0 Å². The summed E-state index contributed by atoms with van der Waals surface area (Å²) >= 11 is 0. The molecule has 0 aliphatic heterocycles. The number of anilines is 1. The Bertz CT molecular complexity index is 576. The lowest BCUT2D eigenvalue weighted by Gasteiger charge is -2.08. The van der Waals surface area contributed by atoms with Gasteiger partial charge in [0.25, 0.3) is 5.91 Å². The number of carboxylic acid groups (broad SMARTS) is 1. The van der Waals surface area contributed by atoms with Gasteiger partial charge in [0.15, 0.2) is 0 Å². The summed E-state index contributed by atoms with van der Waals surface area (Å²) in [5.41, 5.74) is 0.195. The average molecular weight is 277 g/mol. The number of carbonyl (C=O) groups excluding carboxylic acids is 1. The van der Waals surface area contributed by atoms with Gasteiger partial charge in [-0.25, -0.2) is 4.39 Å². The molecule has 1 rings (SSSR count). The monoisotopic (exact) mass is 277 g/mol. The molecule has 3 N–H and O–H groups in total. The molecule has 6 nitrogen and oxygen atoms in total. The molecule has 0 fully saturated rings. The minimum Gasteiger partial charge on any atom is -0.480 e. The smallest absolute Gasteiger partial charge is 0.325 e. The molecule has 0 aromatic heterocycles. The summed E-state index contributed by atoms with van der Waals surface area (Å²) in [4.78, 5) is 22.2. The Hall–Kier alpha value is -2.88. The van der Waals surface area contributed by atoms with E-state index in [1.807, 2.05) is 0 Å². The van der Waals surface area contributed by atoms with E-state index < -0.39 is 23.7 Å². The van der Waals surface area contributed by atoms with Crippen LogP contribution in [0.5, 0.6) is 0 Å². The molecule has 0 heterocycles. The molecule has 104 valence electrons. The lowest BCUT2D eigenvalue weighted by atomic mass is 10.2. The molecule has 0 spiro atoms. The Labute approximate surface area is 114 Å². The highest BCUT2D eigenvalue weighted by molar-refractivity contribution is 5.99. The highest BCUT2D eigenvalue weighted by atomic mass is 19.1. The summed E-state index contributed by atoms with van der Waals surface area (Å²) < 4.78 is 12.7. The van der Waals surface area contributed by atoms with Crippen LogP contribution in [-0.2, 0) is 9.59 Å². The zero-order valence-corrected chi connectivity index (χ0v) is 10.6. The van der Waals surface area contributed by atoms with E-state index in [2.05, 4.69) is 10.6 Å². The molecular formula is C13H12FN3O3. The second-order valence-corrected chi connectivity index (χ2v) is 3.85. The number of nitrogens with zero attached hydrogens (tertiary/aromatic N) is 1. The first-order valence-corrected chi connectivity index (χ1v) is 5.60. The maximum Gasteiger partial charge on any atom is 0.325 e. The zero-order chi connectivity index (χ0) is 15.1. The number of aliphatic carboxylic acids is 1. The number of halogens is 1. The number of benzene rings is 1. The maximum absolute atomic E-state index is 12.7. The van der Waals surface area contributed by atoms with Gasteiger partial charge in [0.2, 0.25) is 0 Å². The van der Waals surface area contributed by atoms with Gasteiger partial charge >= 0.3 is 5.97 Å². The van der Waals surface area contributed by atoms with Gasteiger partial charge in [-0.3, -0.25) is 9.59 Å². The predicted octanol–water partition coefficient (Wildman–Crippen LogP) is 1.23. The van der Waals surface area contributed by atoms with Crippen LogP contribution in [0.2, 0.25) is 0 Å². The van der Waals surface area contributed by atoms with Crippen molar-refractivity contribution in [2.75, 3.05) is 5.32 Å². The van der Waals surface area contributed by atoms with Crippen molar-refractivity contribution >= 4 is 17.6 Å². The fraction of sp³-hybridized carbons (Fsp3) is 0.154. The topological polar surface area (TPSA) is 102 Å². The summed E-state index contributed by atoms with van der Waals surface area (Å²) in [6.07, 6.45) is 1.12. The summed E-state index contributed by atoms with van der Waals surface area (Å²) in [6, 6.07) is 5.83. The normalized spacial score (nSPS) is 12.2. The Morgan fingerprint density at radius 3 is 2.50 bits per heavy atom. The van der Waals surface area contributed by atoms with Crippen LogP contribution >= 0.6 is 0 Å². The maximum atomic E-state index is 12.7.